The predicted octanol–water partition coefficient (Wildman–Crippen LogP) is 2.71. The van der Waals surface area contributed by atoms with Crippen molar-refractivity contribution in [2.75, 3.05) is 30.3 Å². The minimum Gasteiger partial charge on any atom is -0.383 e. The van der Waals surface area contributed by atoms with Gasteiger partial charge in [-0.05, 0) is 31.0 Å². The van der Waals surface area contributed by atoms with E-state index in [0.29, 0.717) is 13.0 Å². The summed E-state index contributed by atoms with van der Waals surface area (Å²) < 4.78 is 29.5. The molecule has 33 heavy (non-hydrogen) atoms. The van der Waals surface area contributed by atoms with E-state index in [4.69, 9.17) is 5.73 Å². The molecule has 8 nitrogen and oxygen atoms in total. The number of amides is 1. The summed E-state index contributed by atoms with van der Waals surface area (Å²) in [5.74, 6) is -1.83. The van der Waals surface area contributed by atoms with Crippen molar-refractivity contribution >= 4 is 17.4 Å². The molecule has 0 radical (unpaired) electrons. The number of likely N-dealkylation sites (N-methyl/N-ethyl adjacent to an activating group) is 1. The second-order valence-electron chi connectivity index (χ2n) is 8.40. The summed E-state index contributed by atoms with van der Waals surface area (Å²) in [7, 11) is 0. The fourth-order valence-corrected chi connectivity index (χ4v) is 3.53. The maximum Gasteiger partial charge on any atom is 0.330 e. The number of anilines is 2. The molecule has 2 rings (SSSR count). The standard InChI is InChI=1S/C23H33F2N5O3/c1-5-7-11-29(20-21(26)30(12-15(3)4)23(33)27-22(20)32)19(31)14-28(6-2)13-16-17(24)9-8-10-18(16)25/h8-10,15H,5-7,11-14,26H2,1-4H3,(H,27,32,33). The van der Waals surface area contributed by atoms with Crippen LogP contribution in [0.15, 0.2) is 27.8 Å². The quantitative estimate of drug-likeness (QED) is 0.531. The Kier molecular flexibility index (Phi) is 9.33. The predicted molar refractivity (Wildman–Crippen MR) is 125 cm³/mol. The van der Waals surface area contributed by atoms with Crippen LogP contribution in [0, 0.1) is 17.6 Å². The lowest BCUT2D eigenvalue weighted by molar-refractivity contribution is -0.119. The zero-order valence-corrected chi connectivity index (χ0v) is 19.7. The molecule has 3 N–H and O–H groups in total. The van der Waals surface area contributed by atoms with Gasteiger partial charge in [-0.25, -0.2) is 13.6 Å². The third kappa shape index (κ3) is 6.50. The Balaban J connectivity index is 2.41. The van der Waals surface area contributed by atoms with E-state index in [0.717, 1.165) is 6.42 Å². The van der Waals surface area contributed by atoms with E-state index in [-0.39, 0.29) is 49.2 Å². The number of hydrogen-bond acceptors (Lipinski definition) is 5. The molecule has 0 aliphatic carbocycles. The second-order valence-corrected chi connectivity index (χ2v) is 8.40. The van der Waals surface area contributed by atoms with Gasteiger partial charge in [0.05, 0.1) is 6.54 Å². The first-order valence-corrected chi connectivity index (χ1v) is 11.2. The van der Waals surface area contributed by atoms with Gasteiger partial charge >= 0.3 is 5.69 Å². The number of hydrogen-bond donors (Lipinski definition) is 2. The Labute approximate surface area is 192 Å². The fraction of sp³-hybridized carbons (Fsp3) is 0.522. The topological polar surface area (TPSA) is 104 Å². The van der Waals surface area contributed by atoms with Crippen LogP contribution in [0.1, 0.15) is 46.1 Å². The highest BCUT2D eigenvalue weighted by Crippen LogP contribution is 2.20. The number of benzene rings is 1. The van der Waals surface area contributed by atoms with Gasteiger partial charge in [0.15, 0.2) is 5.69 Å². The van der Waals surface area contributed by atoms with E-state index in [1.807, 2.05) is 20.8 Å². The molecule has 0 aliphatic rings. The lowest BCUT2D eigenvalue weighted by Crippen LogP contribution is -2.45. The molecule has 10 heteroatoms. The Bertz CT molecular complexity index is 1060. The molecule has 0 bridgehead atoms. The summed E-state index contributed by atoms with van der Waals surface area (Å²) in [5, 5.41) is 0. The number of nitrogen functional groups attached to an aromatic ring is 1. The smallest absolute Gasteiger partial charge is 0.330 e. The number of nitrogens with zero attached hydrogens (tertiary/aromatic N) is 3. The van der Waals surface area contributed by atoms with Crippen LogP contribution in [-0.4, -0.2) is 40.0 Å². The molecule has 182 valence electrons. The molecule has 0 atom stereocenters. The molecule has 0 fully saturated rings. The molecule has 1 aromatic heterocycles. The number of nitrogens with one attached hydrogen (secondary N) is 1. The molecular weight excluding hydrogens is 432 g/mol. The molecule has 1 heterocycles. The largest absolute Gasteiger partial charge is 0.383 e. The van der Waals surface area contributed by atoms with Crippen molar-refractivity contribution in [1.82, 2.24) is 14.5 Å². The number of carbonyl (C=O) groups excluding carboxylic acids is 1. The van der Waals surface area contributed by atoms with Gasteiger partial charge in [-0.1, -0.05) is 40.2 Å². The van der Waals surface area contributed by atoms with Crippen LogP contribution in [-0.2, 0) is 17.9 Å². The first-order valence-electron chi connectivity index (χ1n) is 11.2. The van der Waals surface area contributed by atoms with Crippen LogP contribution in [0.3, 0.4) is 0 Å². The maximum absolute atomic E-state index is 14.1. The molecule has 0 spiro atoms. The lowest BCUT2D eigenvalue weighted by Gasteiger charge is -2.28. The molecule has 1 aromatic carbocycles. The first kappa shape index (κ1) is 26.2. The van der Waals surface area contributed by atoms with Crippen molar-refractivity contribution in [3.05, 3.63) is 56.2 Å². The van der Waals surface area contributed by atoms with Gasteiger partial charge in [-0.3, -0.25) is 24.0 Å². The van der Waals surface area contributed by atoms with E-state index >= 15 is 0 Å². The average Bonchev–Trinajstić information content (AvgIpc) is 2.74. The van der Waals surface area contributed by atoms with Crippen molar-refractivity contribution in [3.8, 4) is 0 Å². The Morgan fingerprint density at radius 1 is 1.18 bits per heavy atom. The van der Waals surface area contributed by atoms with Crippen molar-refractivity contribution in [2.45, 2.75) is 53.6 Å². The number of carbonyl (C=O) groups is 1. The van der Waals surface area contributed by atoms with Gasteiger partial charge in [0.2, 0.25) is 5.91 Å². The van der Waals surface area contributed by atoms with Crippen LogP contribution in [0.2, 0.25) is 0 Å². The first-order chi connectivity index (χ1) is 15.6. The number of H-pyrrole nitrogens is 1. The van der Waals surface area contributed by atoms with Crippen LogP contribution < -0.4 is 21.9 Å². The summed E-state index contributed by atoms with van der Waals surface area (Å²) in [4.78, 5) is 43.4. The summed E-state index contributed by atoms with van der Waals surface area (Å²) in [6, 6.07) is 3.61. The molecular formula is C23H33F2N5O3. The molecule has 0 unspecified atom stereocenters. The highest BCUT2D eigenvalue weighted by Gasteiger charge is 2.26. The molecule has 0 saturated carbocycles. The van der Waals surface area contributed by atoms with Crippen molar-refractivity contribution in [2.24, 2.45) is 5.92 Å². The SMILES string of the molecule is CCCCN(C(=O)CN(CC)Cc1c(F)cccc1F)c1c(N)n(CC(C)C)c(=O)[nH]c1=O. The second kappa shape index (κ2) is 11.7. The fourth-order valence-electron chi connectivity index (χ4n) is 3.53. The zero-order valence-electron chi connectivity index (χ0n) is 19.7. The van der Waals surface area contributed by atoms with Crippen molar-refractivity contribution in [1.29, 1.82) is 0 Å². The minimum atomic E-state index is -0.745. The number of nitrogens with two attached hydrogens (primary N) is 1. The maximum atomic E-state index is 14.1. The monoisotopic (exact) mass is 465 g/mol. The third-order valence-electron chi connectivity index (χ3n) is 5.32. The number of halogens is 2. The number of unbranched alkanes of at least 4 members (excludes halogenated alkanes) is 1. The van der Waals surface area contributed by atoms with Gasteiger partial charge in [0.25, 0.3) is 5.56 Å². The third-order valence-corrected chi connectivity index (χ3v) is 5.32. The molecule has 0 saturated heterocycles. The summed E-state index contributed by atoms with van der Waals surface area (Å²) >= 11 is 0. The van der Waals surface area contributed by atoms with Gasteiger partial charge in [0, 0.05) is 25.2 Å². The number of aromatic nitrogens is 2. The van der Waals surface area contributed by atoms with Crippen LogP contribution in [0.4, 0.5) is 20.3 Å². The Hall–Kier alpha value is -3.01. The summed E-state index contributed by atoms with van der Waals surface area (Å²) in [5.41, 5.74) is 4.61. The summed E-state index contributed by atoms with van der Waals surface area (Å²) in [6.45, 7) is 8.06. The zero-order chi connectivity index (χ0) is 24.7. The van der Waals surface area contributed by atoms with Crippen molar-refractivity contribution in [3.63, 3.8) is 0 Å². The normalized spacial score (nSPS) is 11.4. The highest BCUT2D eigenvalue weighted by atomic mass is 19.1. The summed E-state index contributed by atoms with van der Waals surface area (Å²) in [6.07, 6.45) is 1.35. The molecule has 2 aromatic rings. The van der Waals surface area contributed by atoms with Crippen molar-refractivity contribution < 1.29 is 13.6 Å². The number of aromatic amines is 1. The van der Waals surface area contributed by atoms with E-state index in [1.54, 1.807) is 11.8 Å². The van der Waals surface area contributed by atoms with Gasteiger partial charge in [-0.15, -0.1) is 0 Å². The minimum absolute atomic E-state index is 0.0785. The van der Waals surface area contributed by atoms with Gasteiger partial charge in [-0.2, -0.15) is 0 Å². The Morgan fingerprint density at radius 2 is 1.82 bits per heavy atom. The van der Waals surface area contributed by atoms with E-state index in [1.165, 1.54) is 27.7 Å². The van der Waals surface area contributed by atoms with Gasteiger partial charge in [0.1, 0.15) is 17.5 Å². The molecule has 1 amide bonds. The number of rotatable bonds is 11. The van der Waals surface area contributed by atoms with Crippen LogP contribution in [0.25, 0.3) is 0 Å². The van der Waals surface area contributed by atoms with Crippen LogP contribution in [0.5, 0.6) is 0 Å². The van der Waals surface area contributed by atoms with Crippen LogP contribution >= 0.6 is 0 Å². The molecule has 0 aliphatic heterocycles. The average molecular weight is 466 g/mol. The van der Waals surface area contributed by atoms with E-state index in [9.17, 15) is 23.2 Å². The van der Waals surface area contributed by atoms with E-state index in [2.05, 4.69) is 4.98 Å². The highest BCUT2D eigenvalue weighted by molar-refractivity contribution is 5.96. The van der Waals surface area contributed by atoms with Gasteiger partial charge < -0.3 is 10.6 Å². The Morgan fingerprint density at radius 3 is 2.36 bits per heavy atom. The lowest BCUT2D eigenvalue weighted by atomic mass is 10.2. The van der Waals surface area contributed by atoms with E-state index < -0.39 is 28.8 Å².